The molecular formula is C22H28N4O3S. The van der Waals surface area contributed by atoms with Gasteiger partial charge >= 0.3 is 5.97 Å². The highest BCUT2D eigenvalue weighted by Crippen LogP contribution is 2.40. The van der Waals surface area contributed by atoms with Crippen molar-refractivity contribution in [1.82, 2.24) is 14.8 Å². The van der Waals surface area contributed by atoms with E-state index in [2.05, 4.69) is 19.7 Å². The first-order chi connectivity index (χ1) is 14.6. The van der Waals surface area contributed by atoms with Crippen molar-refractivity contribution in [3.63, 3.8) is 0 Å². The van der Waals surface area contributed by atoms with Crippen molar-refractivity contribution < 1.29 is 13.7 Å². The summed E-state index contributed by atoms with van der Waals surface area (Å²) < 4.78 is 18.0. The van der Waals surface area contributed by atoms with Gasteiger partial charge in [0, 0.05) is 52.4 Å². The number of esters is 1. The van der Waals surface area contributed by atoms with Crippen LogP contribution in [0.1, 0.15) is 13.3 Å². The fourth-order valence-electron chi connectivity index (χ4n) is 4.03. The number of hydrogen-bond donors (Lipinski definition) is 0. The number of carbonyl (C=O) groups excluding carboxylic acids is 1. The van der Waals surface area contributed by atoms with Gasteiger partial charge in [-0.15, -0.1) is 0 Å². The third-order valence-corrected chi connectivity index (χ3v) is 7.06. The van der Waals surface area contributed by atoms with Gasteiger partial charge in [-0.1, -0.05) is 12.1 Å². The van der Waals surface area contributed by atoms with E-state index in [0.29, 0.717) is 6.61 Å². The van der Waals surface area contributed by atoms with Gasteiger partial charge < -0.3 is 14.5 Å². The molecule has 3 heterocycles. The summed E-state index contributed by atoms with van der Waals surface area (Å²) in [7, 11) is -1.18. The van der Waals surface area contributed by atoms with E-state index in [4.69, 9.17) is 4.74 Å². The van der Waals surface area contributed by atoms with Crippen molar-refractivity contribution in [2.75, 3.05) is 57.3 Å². The van der Waals surface area contributed by atoms with Crippen LogP contribution >= 0.6 is 0 Å². The van der Waals surface area contributed by atoms with Gasteiger partial charge in [0.15, 0.2) is 0 Å². The van der Waals surface area contributed by atoms with Crippen molar-refractivity contribution in [3.05, 3.63) is 42.6 Å². The van der Waals surface area contributed by atoms with E-state index < -0.39 is 10.8 Å². The Kier molecular flexibility index (Phi) is 6.76. The van der Waals surface area contributed by atoms with Crippen LogP contribution in [0.3, 0.4) is 0 Å². The van der Waals surface area contributed by atoms with Crippen LogP contribution in [0.25, 0.3) is 0 Å². The molecule has 160 valence electrons. The molecule has 0 amide bonds. The molecule has 2 aliphatic heterocycles. The van der Waals surface area contributed by atoms with Crippen molar-refractivity contribution in [3.8, 4) is 0 Å². The lowest BCUT2D eigenvalue weighted by atomic mass is 10.2. The number of pyridine rings is 1. The van der Waals surface area contributed by atoms with Crippen molar-refractivity contribution in [2.45, 2.75) is 23.1 Å². The summed E-state index contributed by atoms with van der Waals surface area (Å²) in [5.74, 6) is 0.595. The molecule has 0 N–H and O–H groups in total. The number of anilines is 2. The van der Waals surface area contributed by atoms with Crippen LogP contribution in [0.5, 0.6) is 0 Å². The third-order valence-electron chi connectivity index (χ3n) is 5.60. The molecule has 0 spiro atoms. The minimum Gasteiger partial charge on any atom is -0.465 e. The van der Waals surface area contributed by atoms with Gasteiger partial charge in [-0.3, -0.25) is 9.69 Å². The summed E-state index contributed by atoms with van der Waals surface area (Å²) in [6.45, 7) is 8.62. The fraction of sp³-hybridized carbons (Fsp3) is 0.455. The molecule has 2 aromatic rings. The number of para-hydroxylation sites is 1. The van der Waals surface area contributed by atoms with Crippen LogP contribution in [0.15, 0.2) is 52.4 Å². The number of fused-ring (bicyclic) bond motifs is 2. The van der Waals surface area contributed by atoms with Crippen molar-refractivity contribution >= 4 is 28.3 Å². The maximum absolute atomic E-state index is 12.9. The zero-order valence-corrected chi connectivity index (χ0v) is 18.1. The lowest BCUT2D eigenvalue weighted by Crippen LogP contribution is -2.47. The summed E-state index contributed by atoms with van der Waals surface area (Å²) >= 11 is 0. The van der Waals surface area contributed by atoms with Crippen LogP contribution in [0.2, 0.25) is 0 Å². The molecule has 0 aliphatic carbocycles. The molecule has 1 aromatic carbocycles. The summed E-state index contributed by atoms with van der Waals surface area (Å²) in [5.41, 5.74) is 0.998. The largest absolute Gasteiger partial charge is 0.465 e. The predicted molar refractivity (Wildman–Crippen MR) is 116 cm³/mol. The van der Waals surface area contributed by atoms with Gasteiger partial charge in [-0.2, -0.15) is 0 Å². The second-order valence-corrected chi connectivity index (χ2v) is 9.01. The van der Waals surface area contributed by atoms with E-state index in [0.717, 1.165) is 73.5 Å². The predicted octanol–water partition coefficient (Wildman–Crippen LogP) is 2.27. The Balaban J connectivity index is 1.32. The van der Waals surface area contributed by atoms with Crippen LogP contribution in [0.4, 0.5) is 11.5 Å². The molecule has 1 unspecified atom stereocenters. The van der Waals surface area contributed by atoms with E-state index in [9.17, 15) is 9.00 Å². The molecule has 1 fully saturated rings. The molecule has 0 radical (unpaired) electrons. The Labute approximate surface area is 180 Å². The number of carbonyl (C=O) groups is 1. The topological polar surface area (TPSA) is 66.0 Å². The van der Waals surface area contributed by atoms with Crippen LogP contribution < -0.4 is 4.90 Å². The zero-order valence-electron chi connectivity index (χ0n) is 17.3. The van der Waals surface area contributed by atoms with Gasteiger partial charge in [0.1, 0.15) is 12.4 Å². The molecule has 7 nitrogen and oxygen atoms in total. The Morgan fingerprint density at radius 2 is 1.70 bits per heavy atom. The van der Waals surface area contributed by atoms with E-state index in [-0.39, 0.29) is 5.97 Å². The maximum atomic E-state index is 12.9. The highest BCUT2D eigenvalue weighted by Gasteiger charge is 2.28. The van der Waals surface area contributed by atoms with Gasteiger partial charge in [0.2, 0.25) is 0 Å². The van der Waals surface area contributed by atoms with Crippen LogP contribution in [-0.2, 0) is 20.3 Å². The second kappa shape index (κ2) is 9.68. The van der Waals surface area contributed by atoms with Crippen molar-refractivity contribution in [2.24, 2.45) is 0 Å². The molecular weight excluding hydrogens is 400 g/mol. The molecule has 30 heavy (non-hydrogen) atoms. The van der Waals surface area contributed by atoms with E-state index in [1.807, 2.05) is 36.4 Å². The SMILES string of the molecule is CC(=O)OCCN1CCN(CCCN2c3ccccc3S(=O)c3cccnc32)CC1. The van der Waals surface area contributed by atoms with Gasteiger partial charge in [-0.25, -0.2) is 9.19 Å². The monoisotopic (exact) mass is 428 g/mol. The summed E-state index contributed by atoms with van der Waals surface area (Å²) in [6.07, 6.45) is 2.77. The van der Waals surface area contributed by atoms with Gasteiger partial charge in [-0.05, 0) is 37.2 Å². The summed E-state index contributed by atoms with van der Waals surface area (Å²) in [6, 6.07) is 11.7. The first-order valence-corrected chi connectivity index (χ1v) is 11.6. The average molecular weight is 429 g/mol. The van der Waals surface area contributed by atoms with Crippen LogP contribution in [0, 0.1) is 0 Å². The molecule has 0 saturated carbocycles. The minimum absolute atomic E-state index is 0.215. The zero-order chi connectivity index (χ0) is 20.9. The molecule has 1 atom stereocenters. The number of rotatable bonds is 7. The molecule has 2 aliphatic rings. The minimum atomic E-state index is -1.18. The highest BCUT2D eigenvalue weighted by molar-refractivity contribution is 7.85. The Hall–Kier alpha value is -2.29. The Morgan fingerprint density at radius 3 is 2.47 bits per heavy atom. The average Bonchev–Trinajstić information content (AvgIpc) is 2.77. The third kappa shape index (κ3) is 4.71. The van der Waals surface area contributed by atoms with Crippen LogP contribution in [-0.4, -0.2) is 77.4 Å². The van der Waals surface area contributed by atoms with E-state index in [1.165, 1.54) is 6.92 Å². The highest BCUT2D eigenvalue weighted by atomic mass is 32.2. The number of aromatic nitrogens is 1. The quantitative estimate of drug-likeness (QED) is 0.627. The summed E-state index contributed by atoms with van der Waals surface area (Å²) in [5, 5.41) is 0. The Morgan fingerprint density at radius 1 is 1.00 bits per heavy atom. The maximum Gasteiger partial charge on any atom is 0.302 e. The smallest absolute Gasteiger partial charge is 0.302 e. The second-order valence-electron chi connectivity index (χ2n) is 7.59. The number of benzene rings is 1. The molecule has 1 aromatic heterocycles. The standard InChI is InChI=1S/C22H28N4O3S/c1-18(27)29-17-16-25-14-12-24(13-15-25)10-5-11-26-19-6-2-3-7-20(19)30(28)21-8-4-9-23-22(21)26/h2-4,6-9H,5,10-17H2,1H3. The van der Waals surface area contributed by atoms with Gasteiger partial charge in [0.25, 0.3) is 0 Å². The normalized spacial score (nSPS) is 19.2. The number of hydrogen-bond acceptors (Lipinski definition) is 7. The number of nitrogens with zero attached hydrogens (tertiary/aromatic N) is 4. The molecule has 0 bridgehead atoms. The number of ether oxygens (including phenoxy) is 1. The lowest BCUT2D eigenvalue weighted by Gasteiger charge is -2.35. The van der Waals surface area contributed by atoms with Crippen molar-refractivity contribution in [1.29, 1.82) is 0 Å². The van der Waals surface area contributed by atoms with E-state index in [1.54, 1.807) is 6.20 Å². The van der Waals surface area contributed by atoms with Gasteiger partial charge in [0.05, 0.1) is 26.3 Å². The molecule has 4 rings (SSSR count). The number of piperazine rings is 1. The fourth-order valence-corrected chi connectivity index (χ4v) is 5.37. The lowest BCUT2D eigenvalue weighted by molar-refractivity contribution is -0.141. The Bertz CT molecular complexity index is 865. The first-order valence-electron chi connectivity index (χ1n) is 10.4. The first kappa shape index (κ1) is 21.0. The van der Waals surface area contributed by atoms with E-state index >= 15 is 0 Å². The molecule has 8 heteroatoms. The molecule has 1 saturated heterocycles. The summed E-state index contributed by atoms with van der Waals surface area (Å²) in [4.78, 5) is 24.1.